The zero-order chi connectivity index (χ0) is 25.5. The number of hydrogen-bond acceptors (Lipinski definition) is 8. The third-order valence-electron chi connectivity index (χ3n) is 6.30. The number of hydrogen-bond donors (Lipinski definition) is 0. The quantitative estimate of drug-likeness (QED) is 0.247. The molecule has 2 unspecified atom stereocenters. The molecule has 0 bridgehead atoms. The van der Waals surface area contributed by atoms with Gasteiger partial charge in [-0.25, -0.2) is 0 Å². The largest absolute Gasteiger partial charge is 0.396 e. The first kappa shape index (κ1) is 27.9. The smallest absolute Gasteiger partial charge is 0.149 e. The second kappa shape index (κ2) is 11.8. The molecule has 0 amide bonds. The Kier molecular flexibility index (Phi) is 9.71. The molecule has 0 heterocycles. The fraction of sp³-hybridized carbons (Fsp3) is 0.769. The highest BCUT2D eigenvalue weighted by Gasteiger charge is 2.43. The number of carbonyl (C=O) groups is 4. The van der Waals surface area contributed by atoms with Crippen molar-refractivity contribution in [3.05, 3.63) is 0 Å². The van der Waals surface area contributed by atoms with Crippen LogP contribution in [0.2, 0.25) is 0 Å². The first-order valence-electron chi connectivity index (χ1n) is 12.4. The van der Waals surface area contributed by atoms with Crippen molar-refractivity contribution < 1.29 is 28.9 Å². The molecule has 34 heavy (non-hydrogen) atoms. The first-order chi connectivity index (χ1) is 15.9. The van der Waals surface area contributed by atoms with E-state index in [-0.39, 0.29) is 46.8 Å². The molecule has 2 saturated carbocycles. The van der Waals surface area contributed by atoms with Gasteiger partial charge < -0.3 is 9.68 Å². The van der Waals surface area contributed by atoms with Gasteiger partial charge in [-0.15, -0.1) is 0 Å². The molecule has 0 aliphatic heterocycles. The summed E-state index contributed by atoms with van der Waals surface area (Å²) >= 11 is 0. The SMILES string of the molecule is CCON=C1CC(C)(C)CC(=O)C1C(=O)CCCCC(=O)C1C(=O)CC(C)(C)CC1=NOCC. The maximum Gasteiger partial charge on any atom is 0.149 e. The molecule has 2 atom stereocenters. The predicted molar refractivity (Wildman–Crippen MR) is 130 cm³/mol. The van der Waals surface area contributed by atoms with Crippen molar-refractivity contribution in [2.75, 3.05) is 13.2 Å². The van der Waals surface area contributed by atoms with Crippen LogP contribution >= 0.6 is 0 Å². The first-order valence-corrected chi connectivity index (χ1v) is 12.4. The van der Waals surface area contributed by atoms with Gasteiger partial charge in [-0.1, -0.05) is 38.0 Å². The molecule has 0 aromatic heterocycles. The van der Waals surface area contributed by atoms with Crippen LogP contribution in [-0.4, -0.2) is 47.8 Å². The monoisotopic (exact) mass is 476 g/mol. The predicted octanol–water partition coefficient (Wildman–Crippen LogP) is 4.48. The summed E-state index contributed by atoms with van der Waals surface area (Å²) in [5.41, 5.74) is 0.489. The van der Waals surface area contributed by atoms with E-state index in [1.165, 1.54) is 0 Å². The lowest BCUT2D eigenvalue weighted by Gasteiger charge is -2.33. The van der Waals surface area contributed by atoms with Crippen LogP contribution in [0.1, 0.15) is 92.9 Å². The van der Waals surface area contributed by atoms with Crippen LogP contribution in [0.15, 0.2) is 10.3 Å². The second-order valence-electron chi connectivity index (χ2n) is 11.0. The summed E-state index contributed by atoms with van der Waals surface area (Å²) in [5.74, 6) is -2.32. The van der Waals surface area contributed by atoms with Gasteiger partial charge in [0.1, 0.15) is 48.2 Å². The minimum atomic E-state index is -0.859. The van der Waals surface area contributed by atoms with Crippen LogP contribution in [0.3, 0.4) is 0 Å². The van der Waals surface area contributed by atoms with Gasteiger partial charge in [-0.2, -0.15) is 0 Å². The summed E-state index contributed by atoms with van der Waals surface area (Å²) in [7, 11) is 0. The molecule has 2 aliphatic rings. The summed E-state index contributed by atoms with van der Waals surface area (Å²) in [5, 5.41) is 8.16. The third-order valence-corrected chi connectivity index (χ3v) is 6.30. The third kappa shape index (κ3) is 7.57. The molecule has 190 valence electrons. The number of unbranched alkanes of at least 4 members (excludes halogenated alkanes) is 1. The molecular formula is C26H40N2O6. The van der Waals surface area contributed by atoms with Crippen molar-refractivity contribution in [2.24, 2.45) is 33.0 Å². The summed E-state index contributed by atoms with van der Waals surface area (Å²) in [4.78, 5) is 61.6. The Bertz CT molecular complexity index is 785. The lowest BCUT2D eigenvalue weighted by molar-refractivity contribution is -0.134. The van der Waals surface area contributed by atoms with E-state index in [0.717, 1.165) is 0 Å². The molecule has 8 heteroatoms. The highest BCUT2D eigenvalue weighted by molar-refractivity contribution is 6.23. The molecule has 2 fully saturated rings. The second-order valence-corrected chi connectivity index (χ2v) is 11.0. The van der Waals surface area contributed by atoms with Gasteiger partial charge in [0.25, 0.3) is 0 Å². The highest BCUT2D eigenvalue weighted by atomic mass is 16.6. The zero-order valence-electron chi connectivity index (χ0n) is 21.6. The van der Waals surface area contributed by atoms with Crippen molar-refractivity contribution in [2.45, 2.75) is 92.9 Å². The van der Waals surface area contributed by atoms with E-state index in [4.69, 9.17) is 9.68 Å². The molecular weight excluding hydrogens is 436 g/mol. The van der Waals surface area contributed by atoms with E-state index in [2.05, 4.69) is 10.3 Å². The molecule has 0 saturated heterocycles. The number of Topliss-reactive ketones (excluding diaryl/α,β-unsaturated/α-hetero) is 4. The maximum absolute atomic E-state index is 12.9. The molecule has 0 spiro atoms. The fourth-order valence-electron chi connectivity index (χ4n) is 4.91. The van der Waals surface area contributed by atoms with Crippen LogP contribution in [0.25, 0.3) is 0 Å². The summed E-state index contributed by atoms with van der Waals surface area (Å²) < 4.78 is 0. The van der Waals surface area contributed by atoms with Crippen LogP contribution < -0.4 is 0 Å². The molecule has 0 aromatic rings. The van der Waals surface area contributed by atoms with E-state index in [1.54, 1.807) is 13.8 Å². The summed E-state index contributed by atoms with van der Waals surface area (Å²) in [6.07, 6.45) is 3.02. The minimum Gasteiger partial charge on any atom is -0.396 e. The Hall–Kier alpha value is -2.38. The molecule has 0 N–H and O–H groups in total. The Balaban J connectivity index is 1.96. The van der Waals surface area contributed by atoms with Gasteiger partial charge in [-0.3, -0.25) is 19.2 Å². The van der Waals surface area contributed by atoms with Crippen molar-refractivity contribution in [3.63, 3.8) is 0 Å². The van der Waals surface area contributed by atoms with E-state index in [0.29, 0.717) is 63.2 Å². The van der Waals surface area contributed by atoms with Gasteiger partial charge in [0.05, 0.1) is 11.4 Å². The van der Waals surface area contributed by atoms with Gasteiger partial charge in [0, 0.05) is 25.7 Å². The Morgan fingerprint density at radius 1 is 0.735 bits per heavy atom. The van der Waals surface area contributed by atoms with Crippen molar-refractivity contribution in [1.29, 1.82) is 0 Å². The topological polar surface area (TPSA) is 111 Å². The maximum atomic E-state index is 12.9. The van der Waals surface area contributed by atoms with Gasteiger partial charge >= 0.3 is 0 Å². The fourth-order valence-corrected chi connectivity index (χ4v) is 4.91. The molecule has 8 nitrogen and oxygen atoms in total. The lowest BCUT2D eigenvalue weighted by atomic mass is 9.69. The number of carbonyl (C=O) groups excluding carboxylic acids is 4. The lowest BCUT2D eigenvalue weighted by Crippen LogP contribution is -2.42. The van der Waals surface area contributed by atoms with Crippen LogP contribution in [-0.2, 0) is 28.9 Å². The molecule has 0 aromatic carbocycles. The van der Waals surface area contributed by atoms with Gasteiger partial charge in [0.15, 0.2) is 0 Å². The molecule has 2 aliphatic carbocycles. The van der Waals surface area contributed by atoms with Crippen LogP contribution in [0.4, 0.5) is 0 Å². The number of nitrogens with zero attached hydrogens (tertiary/aromatic N) is 2. The van der Waals surface area contributed by atoms with Gasteiger partial charge in [-0.05, 0) is 50.4 Å². The highest BCUT2D eigenvalue weighted by Crippen LogP contribution is 2.37. The molecule has 0 radical (unpaired) electrons. The Morgan fingerprint density at radius 2 is 1.09 bits per heavy atom. The van der Waals surface area contributed by atoms with E-state index >= 15 is 0 Å². The van der Waals surface area contributed by atoms with Crippen molar-refractivity contribution in [1.82, 2.24) is 0 Å². The van der Waals surface area contributed by atoms with Gasteiger partial charge in [0.2, 0.25) is 0 Å². The normalized spacial score (nSPS) is 26.5. The minimum absolute atomic E-state index is 0.122. The number of ketones is 4. The number of oxime groups is 2. The average Bonchev–Trinajstić information content (AvgIpc) is 2.71. The van der Waals surface area contributed by atoms with E-state index in [1.807, 2.05) is 27.7 Å². The Labute approximate surface area is 202 Å². The summed E-state index contributed by atoms with van der Waals surface area (Å²) in [6.45, 7) is 12.3. The van der Waals surface area contributed by atoms with Crippen LogP contribution in [0, 0.1) is 22.7 Å². The number of rotatable bonds is 11. The standard InChI is InChI=1S/C26H40N2O6/c1-7-33-27-17-13-25(3,4)15-21(31)23(17)19(29)11-9-10-12-20(30)24-18(28-34-8-2)14-26(5,6)16-22(24)32/h23-24H,7-16H2,1-6H3. The Morgan fingerprint density at radius 3 is 1.41 bits per heavy atom. The molecule has 2 rings (SSSR count). The zero-order valence-corrected chi connectivity index (χ0v) is 21.6. The van der Waals surface area contributed by atoms with Crippen molar-refractivity contribution >= 4 is 34.6 Å². The average molecular weight is 477 g/mol. The van der Waals surface area contributed by atoms with E-state index in [9.17, 15) is 19.2 Å². The van der Waals surface area contributed by atoms with Crippen molar-refractivity contribution in [3.8, 4) is 0 Å². The van der Waals surface area contributed by atoms with Crippen LogP contribution in [0.5, 0.6) is 0 Å². The van der Waals surface area contributed by atoms with E-state index < -0.39 is 11.8 Å². The summed E-state index contributed by atoms with van der Waals surface area (Å²) in [6, 6.07) is 0.